The van der Waals surface area contributed by atoms with E-state index in [1.807, 2.05) is 18.2 Å². The van der Waals surface area contributed by atoms with Gasteiger partial charge >= 0.3 is 0 Å². The van der Waals surface area contributed by atoms with Gasteiger partial charge in [0.05, 0.1) is 6.61 Å². The molecule has 104 valence electrons. The first kappa shape index (κ1) is 13.2. The summed E-state index contributed by atoms with van der Waals surface area (Å²) in [4.78, 5) is 0. The van der Waals surface area contributed by atoms with Crippen LogP contribution in [0.4, 0.5) is 0 Å². The van der Waals surface area contributed by atoms with Crippen LogP contribution in [0.2, 0.25) is 0 Å². The molecule has 0 radical (unpaired) electrons. The highest BCUT2D eigenvalue weighted by Gasteiger charge is 2.28. The predicted octanol–water partition coefficient (Wildman–Crippen LogP) is 3.79. The van der Waals surface area contributed by atoms with Gasteiger partial charge in [-0.2, -0.15) is 0 Å². The van der Waals surface area contributed by atoms with E-state index in [-0.39, 0.29) is 11.5 Å². The van der Waals surface area contributed by atoms with Crippen LogP contribution in [0.5, 0.6) is 5.75 Å². The smallest absolute Gasteiger partial charge is 0.123 e. The molecule has 2 nitrogen and oxygen atoms in total. The number of hydrogen-bond donors (Lipinski definition) is 0. The molecule has 1 unspecified atom stereocenters. The Hall–Kier alpha value is -1.80. The van der Waals surface area contributed by atoms with Crippen molar-refractivity contribution in [1.82, 2.24) is 0 Å². The van der Waals surface area contributed by atoms with Crippen molar-refractivity contribution in [3.63, 3.8) is 0 Å². The van der Waals surface area contributed by atoms with Crippen molar-refractivity contribution in [3.8, 4) is 5.75 Å². The topological polar surface area (TPSA) is 21.8 Å². The lowest BCUT2D eigenvalue weighted by Gasteiger charge is -2.28. The molecule has 2 aromatic carbocycles. The Kier molecular flexibility index (Phi) is 3.49. The van der Waals surface area contributed by atoms with E-state index >= 15 is 0 Å². The van der Waals surface area contributed by atoms with E-state index in [0.29, 0.717) is 6.61 Å². The molecule has 0 saturated carbocycles. The van der Waals surface area contributed by atoms with Crippen LogP contribution in [-0.2, 0) is 10.2 Å². The van der Waals surface area contributed by atoms with Gasteiger partial charge in [-0.1, -0.05) is 62.4 Å². The lowest BCUT2D eigenvalue weighted by molar-refractivity contribution is 0.259. The molecule has 0 spiro atoms. The summed E-state index contributed by atoms with van der Waals surface area (Å²) in [6.07, 6.45) is 0.280. The molecule has 0 N–H and O–H groups in total. The van der Waals surface area contributed by atoms with Gasteiger partial charge < -0.3 is 9.47 Å². The summed E-state index contributed by atoms with van der Waals surface area (Å²) in [6.45, 7) is 5.93. The maximum absolute atomic E-state index is 5.94. The second-order valence-corrected chi connectivity index (χ2v) is 5.75. The van der Waals surface area contributed by atoms with E-state index in [1.165, 1.54) is 11.1 Å². The maximum Gasteiger partial charge on any atom is 0.123 e. The van der Waals surface area contributed by atoms with Crippen LogP contribution in [0, 0.1) is 0 Å². The zero-order valence-electron chi connectivity index (χ0n) is 12.0. The molecule has 0 bridgehead atoms. The minimum absolute atomic E-state index is 0.0811. The van der Waals surface area contributed by atoms with Gasteiger partial charge in [0.15, 0.2) is 0 Å². The van der Waals surface area contributed by atoms with Crippen molar-refractivity contribution < 1.29 is 9.47 Å². The van der Waals surface area contributed by atoms with E-state index in [2.05, 4.69) is 50.2 Å². The van der Waals surface area contributed by atoms with Crippen molar-refractivity contribution in [2.75, 3.05) is 13.2 Å². The van der Waals surface area contributed by atoms with Gasteiger partial charge in [-0.25, -0.2) is 0 Å². The Labute approximate surface area is 120 Å². The summed E-state index contributed by atoms with van der Waals surface area (Å²) < 4.78 is 11.2. The molecule has 0 aromatic heterocycles. The fourth-order valence-corrected chi connectivity index (χ4v) is 2.47. The van der Waals surface area contributed by atoms with Crippen LogP contribution in [0.3, 0.4) is 0 Å². The molecule has 3 rings (SSSR count). The van der Waals surface area contributed by atoms with Crippen LogP contribution in [-0.4, -0.2) is 19.3 Å². The number of para-hydroxylation sites is 1. The van der Waals surface area contributed by atoms with Crippen molar-refractivity contribution in [2.45, 2.75) is 25.4 Å². The first-order valence-electron chi connectivity index (χ1n) is 7.07. The van der Waals surface area contributed by atoms with E-state index < -0.39 is 0 Å². The Morgan fingerprint density at radius 1 is 1.05 bits per heavy atom. The highest BCUT2D eigenvalue weighted by Crippen LogP contribution is 2.37. The molecule has 1 atom stereocenters. The summed E-state index contributed by atoms with van der Waals surface area (Å²) in [7, 11) is 0. The third-order valence-electron chi connectivity index (χ3n) is 3.88. The molecular weight excluding hydrogens is 248 g/mol. The fourth-order valence-electron chi connectivity index (χ4n) is 2.47. The van der Waals surface area contributed by atoms with Crippen LogP contribution in [0.15, 0.2) is 54.6 Å². The van der Waals surface area contributed by atoms with Gasteiger partial charge in [0, 0.05) is 11.0 Å². The molecule has 0 aliphatic carbocycles. The molecule has 1 aliphatic rings. The van der Waals surface area contributed by atoms with Crippen LogP contribution in [0.1, 0.15) is 25.0 Å². The maximum atomic E-state index is 5.94. The van der Waals surface area contributed by atoms with Gasteiger partial charge in [0.25, 0.3) is 0 Å². The van der Waals surface area contributed by atoms with Crippen LogP contribution < -0.4 is 4.74 Å². The van der Waals surface area contributed by atoms with Gasteiger partial charge in [0.1, 0.15) is 18.5 Å². The Morgan fingerprint density at radius 3 is 2.40 bits per heavy atom. The number of benzene rings is 2. The number of ether oxygens (including phenoxy) is 2. The second kappa shape index (κ2) is 5.29. The van der Waals surface area contributed by atoms with Gasteiger partial charge in [-0.15, -0.1) is 0 Å². The minimum Gasteiger partial charge on any atom is -0.490 e. The van der Waals surface area contributed by atoms with Crippen molar-refractivity contribution in [1.29, 1.82) is 0 Å². The molecule has 2 heteroatoms. The normalized spacial score (nSPS) is 17.8. The number of hydrogen-bond acceptors (Lipinski definition) is 2. The molecule has 1 fully saturated rings. The monoisotopic (exact) mass is 268 g/mol. The molecular formula is C18H20O2. The van der Waals surface area contributed by atoms with Crippen molar-refractivity contribution in [3.05, 3.63) is 65.7 Å². The van der Waals surface area contributed by atoms with Crippen LogP contribution >= 0.6 is 0 Å². The highest BCUT2D eigenvalue weighted by atomic mass is 16.6. The van der Waals surface area contributed by atoms with Gasteiger partial charge in [0.2, 0.25) is 0 Å². The molecule has 0 amide bonds. The third-order valence-corrected chi connectivity index (χ3v) is 3.88. The van der Waals surface area contributed by atoms with Gasteiger partial charge in [-0.05, 0) is 11.6 Å². The van der Waals surface area contributed by atoms with E-state index in [1.54, 1.807) is 0 Å². The van der Waals surface area contributed by atoms with E-state index in [9.17, 15) is 0 Å². The summed E-state index contributed by atoms with van der Waals surface area (Å²) in [6, 6.07) is 18.8. The molecule has 2 aromatic rings. The average molecular weight is 268 g/mol. The third kappa shape index (κ3) is 2.70. The summed E-state index contributed by atoms with van der Waals surface area (Å²) >= 11 is 0. The Bertz CT molecular complexity index is 571. The Balaban J connectivity index is 1.91. The minimum atomic E-state index is -0.0811. The number of epoxide rings is 1. The van der Waals surface area contributed by atoms with Crippen molar-refractivity contribution >= 4 is 0 Å². The Morgan fingerprint density at radius 2 is 1.70 bits per heavy atom. The molecule has 1 heterocycles. The zero-order valence-corrected chi connectivity index (χ0v) is 12.0. The van der Waals surface area contributed by atoms with Crippen LogP contribution in [0.25, 0.3) is 0 Å². The van der Waals surface area contributed by atoms with Crippen molar-refractivity contribution in [2.24, 2.45) is 0 Å². The highest BCUT2D eigenvalue weighted by molar-refractivity contribution is 5.45. The van der Waals surface area contributed by atoms with E-state index in [0.717, 1.165) is 12.4 Å². The lowest BCUT2D eigenvalue weighted by Crippen LogP contribution is -2.20. The summed E-state index contributed by atoms with van der Waals surface area (Å²) in [5.74, 6) is 0.955. The quantitative estimate of drug-likeness (QED) is 0.770. The molecule has 1 saturated heterocycles. The SMILES string of the molecule is CC(C)(c1ccccc1)c1ccccc1OCC1CO1. The standard InChI is InChI=1S/C18H20O2/c1-18(2,14-8-4-3-5-9-14)16-10-6-7-11-17(16)20-13-15-12-19-15/h3-11,15H,12-13H2,1-2H3. The molecule has 1 aliphatic heterocycles. The first-order chi connectivity index (χ1) is 9.68. The summed E-state index contributed by atoms with van der Waals surface area (Å²) in [5, 5.41) is 0. The first-order valence-corrected chi connectivity index (χ1v) is 7.07. The average Bonchev–Trinajstić information content (AvgIpc) is 3.30. The number of rotatable bonds is 5. The van der Waals surface area contributed by atoms with Gasteiger partial charge in [-0.3, -0.25) is 0 Å². The molecule has 20 heavy (non-hydrogen) atoms. The second-order valence-electron chi connectivity index (χ2n) is 5.75. The van der Waals surface area contributed by atoms with E-state index in [4.69, 9.17) is 9.47 Å². The summed E-state index contributed by atoms with van der Waals surface area (Å²) in [5.41, 5.74) is 2.42. The largest absolute Gasteiger partial charge is 0.490 e. The fraction of sp³-hybridized carbons (Fsp3) is 0.333. The zero-order chi connectivity index (χ0) is 14.0. The lowest BCUT2D eigenvalue weighted by atomic mass is 9.78. The predicted molar refractivity (Wildman–Crippen MR) is 80.2 cm³/mol.